The van der Waals surface area contributed by atoms with Crippen molar-refractivity contribution in [1.82, 2.24) is 4.98 Å². The van der Waals surface area contributed by atoms with Gasteiger partial charge in [-0.2, -0.15) is 0 Å². The van der Waals surface area contributed by atoms with E-state index in [1.807, 2.05) is 0 Å². The molecule has 1 aromatic heterocycles. The van der Waals surface area contributed by atoms with E-state index in [2.05, 4.69) is 4.98 Å². The van der Waals surface area contributed by atoms with Crippen LogP contribution >= 0.6 is 11.6 Å². The number of carbonyl (C=O) groups is 3. The zero-order valence-electron chi connectivity index (χ0n) is 14.0. The molecule has 0 saturated heterocycles. The average Bonchev–Trinajstić information content (AvgIpc) is 2.69. The number of fused-ring (bicyclic) bond motifs is 1. The Bertz CT molecular complexity index is 857. The largest absolute Gasteiger partial charge is 0.464 e. The molecule has 0 unspecified atom stereocenters. The molecule has 1 aliphatic rings. The molecule has 7 nitrogen and oxygen atoms in total. The summed E-state index contributed by atoms with van der Waals surface area (Å²) in [7, 11) is 0. The van der Waals surface area contributed by atoms with Gasteiger partial charge in [-0.3, -0.25) is 19.3 Å². The number of hydrogen-bond acceptors (Lipinski definition) is 5. The van der Waals surface area contributed by atoms with Crippen LogP contribution in [0, 0.1) is 0 Å². The highest BCUT2D eigenvalue weighted by Gasteiger charge is 2.33. The van der Waals surface area contributed by atoms with Gasteiger partial charge in [0.15, 0.2) is 0 Å². The number of rotatable bonds is 4. The fraction of sp³-hybridized carbons (Fsp3) is 0.222. The van der Waals surface area contributed by atoms with E-state index in [0.29, 0.717) is 22.2 Å². The van der Waals surface area contributed by atoms with E-state index >= 15 is 0 Å². The SMILES string of the molecule is CC(=O)OCCN1C(=O)CC(=O)N(c2ccccn2)c2cc(Cl)ccc21. The number of benzene rings is 1. The van der Waals surface area contributed by atoms with Crippen molar-refractivity contribution >= 4 is 46.6 Å². The summed E-state index contributed by atoms with van der Waals surface area (Å²) < 4.78 is 4.94. The van der Waals surface area contributed by atoms with Gasteiger partial charge in [-0.15, -0.1) is 0 Å². The Morgan fingerprint density at radius 2 is 2.00 bits per heavy atom. The van der Waals surface area contributed by atoms with Gasteiger partial charge >= 0.3 is 5.97 Å². The molecule has 0 N–H and O–H groups in total. The molecular formula is C18H16ClN3O4. The number of amides is 2. The number of halogens is 1. The molecule has 0 bridgehead atoms. The van der Waals surface area contributed by atoms with E-state index in [4.69, 9.17) is 16.3 Å². The molecule has 0 fully saturated rings. The highest BCUT2D eigenvalue weighted by molar-refractivity contribution is 6.31. The molecule has 0 spiro atoms. The van der Waals surface area contributed by atoms with Gasteiger partial charge in [-0.05, 0) is 30.3 Å². The van der Waals surface area contributed by atoms with Crippen molar-refractivity contribution in [2.24, 2.45) is 0 Å². The maximum atomic E-state index is 12.7. The van der Waals surface area contributed by atoms with Gasteiger partial charge in [0.25, 0.3) is 0 Å². The topological polar surface area (TPSA) is 79.8 Å². The molecule has 8 heteroatoms. The number of aromatic nitrogens is 1. The number of anilines is 3. The van der Waals surface area contributed by atoms with Crippen molar-refractivity contribution in [3.05, 3.63) is 47.6 Å². The molecule has 3 rings (SSSR count). The molecular weight excluding hydrogens is 358 g/mol. The third kappa shape index (κ3) is 3.67. The first-order chi connectivity index (χ1) is 12.5. The van der Waals surface area contributed by atoms with Crippen LogP contribution in [-0.2, 0) is 19.1 Å². The molecule has 1 aliphatic heterocycles. The van der Waals surface area contributed by atoms with Gasteiger partial charge in [0.2, 0.25) is 11.8 Å². The van der Waals surface area contributed by atoms with E-state index in [-0.39, 0.29) is 25.5 Å². The summed E-state index contributed by atoms with van der Waals surface area (Å²) in [5.41, 5.74) is 0.956. The van der Waals surface area contributed by atoms with Crippen molar-refractivity contribution in [3.8, 4) is 0 Å². The Hall–Kier alpha value is -2.93. The van der Waals surface area contributed by atoms with E-state index in [0.717, 1.165) is 0 Å². The monoisotopic (exact) mass is 373 g/mol. The molecule has 0 saturated carbocycles. The van der Waals surface area contributed by atoms with Gasteiger partial charge in [0, 0.05) is 18.1 Å². The summed E-state index contributed by atoms with van der Waals surface area (Å²) in [6, 6.07) is 10.1. The number of esters is 1. The second kappa shape index (κ2) is 7.53. The lowest BCUT2D eigenvalue weighted by molar-refractivity contribution is -0.141. The Balaban J connectivity index is 2.06. The van der Waals surface area contributed by atoms with Gasteiger partial charge in [0.05, 0.1) is 17.9 Å². The molecule has 0 aliphatic carbocycles. The predicted molar refractivity (Wildman–Crippen MR) is 96.4 cm³/mol. The van der Waals surface area contributed by atoms with Crippen LogP contribution in [0.3, 0.4) is 0 Å². The maximum Gasteiger partial charge on any atom is 0.302 e. The standard InChI is InChI=1S/C18H16ClN3O4/c1-12(23)26-9-8-21-14-6-5-13(19)10-15(14)22(18(25)11-17(21)24)16-4-2-3-7-20-16/h2-7,10H,8-9,11H2,1H3. The van der Waals surface area contributed by atoms with Crippen LogP contribution in [0.1, 0.15) is 13.3 Å². The third-order valence-electron chi connectivity index (χ3n) is 3.82. The lowest BCUT2D eigenvalue weighted by Crippen LogP contribution is -2.34. The van der Waals surface area contributed by atoms with Gasteiger partial charge < -0.3 is 9.64 Å². The minimum atomic E-state index is -0.435. The Morgan fingerprint density at radius 1 is 1.19 bits per heavy atom. The minimum absolute atomic E-state index is 0.0287. The van der Waals surface area contributed by atoms with Gasteiger partial charge in [0.1, 0.15) is 18.8 Å². The summed E-state index contributed by atoms with van der Waals surface area (Å²) in [6.07, 6.45) is 1.24. The third-order valence-corrected chi connectivity index (χ3v) is 4.06. The number of nitrogens with zero attached hydrogens (tertiary/aromatic N) is 3. The summed E-state index contributed by atoms with van der Waals surface area (Å²) >= 11 is 6.13. The fourth-order valence-electron chi connectivity index (χ4n) is 2.74. The summed E-state index contributed by atoms with van der Waals surface area (Å²) in [6.45, 7) is 1.46. The first-order valence-electron chi connectivity index (χ1n) is 7.94. The first kappa shape index (κ1) is 17.9. The molecule has 134 valence electrons. The van der Waals surface area contributed by atoms with E-state index in [9.17, 15) is 14.4 Å². The average molecular weight is 374 g/mol. The van der Waals surface area contributed by atoms with Crippen LogP contribution in [0.2, 0.25) is 5.02 Å². The normalized spacial score (nSPS) is 14.1. The number of hydrogen-bond donors (Lipinski definition) is 0. The number of pyridine rings is 1. The van der Waals surface area contributed by atoms with Crippen LogP contribution in [0.5, 0.6) is 0 Å². The van der Waals surface area contributed by atoms with Gasteiger partial charge in [-0.1, -0.05) is 17.7 Å². The molecule has 2 heterocycles. The summed E-state index contributed by atoms with van der Waals surface area (Å²) in [5.74, 6) is -0.832. The predicted octanol–water partition coefficient (Wildman–Crippen LogP) is 2.70. The van der Waals surface area contributed by atoms with Crippen molar-refractivity contribution in [3.63, 3.8) is 0 Å². The molecule has 2 aromatic rings. The van der Waals surface area contributed by atoms with Crippen LogP contribution in [0.25, 0.3) is 0 Å². The fourth-order valence-corrected chi connectivity index (χ4v) is 2.91. The van der Waals surface area contributed by atoms with Crippen molar-refractivity contribution in [2.45, 2.75) is 13.3 Å². The van der Waals surface area contributed by atoms with Crippen LogP contribution in [0.4, 0.5) is 17.2 Å². The highest BCUT2D eigenvalue weighted by atomic mass is 35.5. The highest BCUT2D eigenvalue weighted by Crippen LogP contribution is 2.38. The Labute approximate surface area is 155 Å². The molecule has 1 aromatic carbocycles. The zero-order valence-corrected chi connectivity index (χ0v) is 14.8. The van der Waals surface area contributed by atoms with Crippen molar-refractivity contribution in [2.75, 3.05) is 23.0 Å². The quantitative estimate of drug-likeness (QED) is 0.608. The van der Waals surface area contributed by atoms with Crippen molar-refractivity contribution < 1.29 is 19.1 Å². The molecule has 26 heavy (non-hydrogen) atoms. The van der Waals surface area contributed by atoms with E-state index in [1.165, 1.54) is 16.7 Å². The minimum Gasteiger partial charge on any atom is -0.464 e. The van der Waals surface area contributed by atoms with Crippen LogP contribution < -0.4 is 9.80 Å². The molecule has 0 radical (unpaired) electrons. The number of ether oxygens (including phenoxy) is 1. The van der Waals surface area contributed by atoms with Gasteiger partial charge in [-0.25, -0.2) is 4.98 Å². The summed E-state index contributed by atoms with van der Waals surface area (Å²) in [4.78, 5) is 43.4. The molecule has 0 atom stereocenters. The smallest absolute Gasteiger partial charge is 0.302 e. The van der Waals surface area contributed by atoms with Crippen molar-refractivity contribution in [1.29, 1.82) is 0 Å². The van der Waals surface area contributed by atoms with E-state index in [1.54, 1.807) is 42.6 Å². The van der Waals surface area contributed by atoms with Crippen LogP contribution in [-0.4, -0.2) is 35.9 Å². The first-order valence-corrected chi connectivity index (χ1v) is 8.32. The second-order valence-corrected chi connectivity index (χ2v) is 6.05. The Kier molecular flexibility index (Phi) is 5.18. The zero-order chi connectivity index (χ0) is 18.7. The lowest BCUT2D eigenvalue weighted by Gasteiger charge is -2.25. The molecule has 2 amide bonds. The maximum absolute atomic E-state index is 12.7. The second-order valence-electron chi connectivity index (χ2n) is 5.61. The Morgan fingerprint density at radius 3 is 2.69 bits per heavy atom. The number of carbonyl (C=O) groups excluding carboxylic acids is 3. The summed E-state index contributed by atoms with van der Waals surface area (Å²) in [5, 5.41) is 0.423. The van der Waals surface area contributed by atoms with Crippen LogP contribution in [0.15, 0.2) is 42.6 Å². The lowest BCUT2D eigenvalue weighted by atomic mass is 10.2. The van der Waals surface area contributed by atoms with E-state index < -0.39 is 11.9 Å².